The lowest BCUT2D eigenvalue weighted by molar-refractivity contribution is 0.273. The summed E-state index contributed by atoms with van der Waals surface area (Å²) < 4.78 is 21.2. The maximum atomic E-state index is 13.7. The predicted molar refractivity (Wildman–Crippen MR) is 75.3 cm³/mol. The van der Waals surface area contributed by atoms with Crippen LogP contribution in [0.2, 0.25) is 0 Å². The number of fused-ring (bicyclic) bond motifs is 1. The molecule has 0 atom stereocenters. The first kappa shape index (κ1) is 12.7. The van der Waals surface area contributed by atoms with Gasteiger partial charge < -0.3 is 14.4 Å². The number of aryl methyl sites for hydroxylation is 1. The van der Waals surface area contributed by atoms with Gasteiger partial charge in [-0.05, 0) is 30.3 Å². The normalized spacial score (nSPS) is 10.9. The van der Waals surface area contributed by atoms with Gasteiger partial charge in [0.05, 0.1) is 12.1 Å². The summed E-state index contributed by atoms with van der Waals surface area (Å²) in [7, 11) is 1.88. The van der Waals surface area contributed by atoms with E-state index < -0.39 is 5.82 Å². The molecule has 1 aromatic heterocycles. The molecule has 3 aromatic rings. The number of ether oxygens (including phenoxy) is 1. The van der Waals surface area contributed by atoms with Crippen LogP contribution in [0.25, 0.3) is 10.9 Å². The maximum absolute atomic E-state index is 13.7. The lowest BCUT2D eigenvalue weighted by Gasteiger charge is -2.08. The largest absolute Gasteiger partial charge is 0.454 e. The van der Waals surface area contributed by atoms with Crippen LogP contribution in [0.15, 0.2) is 48.5 Å². The zero-order chi connectivity index (χ0) is 14.1. The predicted octanol–water partition coefficient (Wildman–Crippen LogP) is 3.60. The van der Waals surface area contributed by atoms with Gasteiger partial charge in [-0.2, -0.15) is 0 Å². The first-order valence-electron chi connectivity index (χ1n) is 6.31. The number of aliphatic hydroxyl groups is 1. The van der Waals surface area contributed by atoms with Gasteiger partial charge in [-0.25, -0.2) is 4.39 Å². The van der Waals surface area contributed by atoms with Crippen LogP contribution in [0.4, 0.5) is 4.39 Å². The van der Waals surface area contributed by atoms with E-state index in [9.17, 15) is 9.50 Å². The standard InChI is InChI=1S/C16H14FNO2/c1-18-11(10-19)9-12-14(18)6-4-8-15(12)20-16-7-3-2-5-13(16)17/h2-9,19H,10H2,1H3. The SMILES string of the molecule is Cn1c(CO)cc2c(Oc3ccccc3F)cccc21. The van der Waals surface area contributed by atoms with E-state index in [4.69, 9.17) is 4.74 Å². The Balaban J connectivity index is 2.10. The number of rotatable bonds is 3. The Kier molecular flexibility index (Phi) is 3.16. The van der Waals surface area contributed by atoms with Gasteiger partial charge in [-0.3, -0.25) is 0 Å². The zero-order valence-corrected chi connectivity index (χ0v) is 11.0. The third-order valence-electron chi connectivity index (χ3n) is 3.36. The van der Waals surface area contributed by atoms with Crippen molar-refractivity contribution in [2.24, 2.45) is 7.05 Å². The minimum atomic E-state index is -0.400. The molecule has 2 aromatic carbocycles. The summed E-state index contributed by atoms with van der Waals surface area (Å²) in [6, 6.07) is 13.7. The number of benzene rings is 2. The monoisotopic (exact) mass is 271 g/mol. The quantitative estimate of drug-likeness (QED) is 0.789. The fraction of sp³-hybridized carbons (Fsp3) is 0.125. The molecule has 0 bridgehead atoms. The summed E-state index contributed by atoms with van der Waals surface area (Å²) in [5, 5.41) is 10.2. The summed E-state index contributed by atoms with van der Waals surface area (Å²) in [5.41, 5.74) is 1.72. The first-order chi connectivity index (χ1) is 9.70. The number of aliphatic hydroxyl groups excluding tert-OH is 1. The molecule has 0 radical (unpaired) electrons. The van der Waals surface area contributed by atoms with E-state index in [-0.39, 0.29) is 12.4 Å². The minimum Gasteiger partial charge on any atom is -0.454 e. The van der Waals surface area contributed by atoms with Crippen molar-refractivity contribution in [3.63, 3.8) is 0 Å². The van der Waals surface area contributed by atoms with E-state index in [1.807, 2.05) is 29.8 Å². The molecular weight excluding hydrogens is 257 g/mol. The lowest BCUT2D eigenvalue weighted by Crippen LogP contribution is -1.94. The van der Waals surface area contributed by atoms with Crippen molar-refractivity contribution < 1.29 is 14.2 Å². The number of para-hydroxylation sites is 1. The van der Waals surface area contributed by atoms with Crippen LogP contribution in [0.1, 0.15) is 5.69 Å². The second-order valence-corrected chi connectivity index (χ2v) is 4.57. The van der Waals surface area contributed by atoms with E-state index in [2.05, 4.69) is 0 Å². The highest BCUT2D eigenvalue weighted by Crippen LogP contribution is 2.32. The molecule has 20 heavy (non-hydrogen) atoms. The molecule has 4 heteroatoms. The number of aromatic nitrogens is 1. The van der Waals surface area contributed by atoms with Crippen molar-refractivity contribution in [3.05, 3.63) is 60.0 Å². The molecule has 1 N–H and O–H groups in total. The average Bonchev–Trinajstić information content (AvgIpc) is 2.79. The molecule has 0 aliphatic heterocycles. The van der Waals surface area contributed by atoms with Crippen molar-refractivity contribution in [2.75, 3.05) is 0 Å². The number of hydrogen-bond acceptors (Lipinski definition) is 2. The van der Waals surface area contributed by atoms with E-state index in [1.54, 1.807) is 24.3 Å². The highest BCUT2D eigenvalue weighted by atomic mass is 19.1. The van der Waals surface area contributed by atoms with Gasteiger partial charge in [-0.15, -0.1) is 0 Å². The molecule has 1 heterocycles. The molecule has 3 nitrogen and oxygen atoms in total. The lowest BCUT2D eigenvalue weighted by atomic mass is 10.2. The van der Waals surface area contributed by atoms with Gasteiger partial charge in [0.1, 0.15) is 5.75 Å². The summed E-state index contributed by atoms with van der Waals surface area (Å²) >= 11 is 0. The Morgan fingerprint density at radius 2 is 1.85 bits per heavy atom. The van der Waals surface area contributed by atoms with Crippen molar-refractivity contribution in [1.29, 1.82) is 0 Å². The van der Waals surface area contributed by atoms with Crippen molar-refractivity contribution >= 4 is 10.9 Å². The number of nitrogens with zero attached hydrogens (tertiary/aromatic N) is 1. The van der Waals surface area contributed by atoms with Crippen LogP contribution in [-0.2, 0) is 13.7 Å². The minimum absolute atomic E-state index is 0.0513. The van der Waals surface area contributed by atoms with Crippen LogP contribution < -0.4 is 4.74 Å². The van der Waals surface area contributed by atoms with E-state index in [1.165, 1.54) is 6.07 Å². The summed E-state index contributed by atoms with van der Waals surface area (Å²) in [5.74, 6) is 0.361. The van der Waals surface area contributed by atoms with Crippen LogP contribution in [0, 0.1) is 5.82 Å². The third kappa shape index (κ3) is 2.04. The average molecular weight is 271 g/mol. The van der Waals surface area contributed by atoms with Gasteiger partial charge in [0, 0.05) is 18.1 Å². The van der Waals surface area contributed by atoms with Gasteiger partial charge in [0.25, 0.3) is 0 Å². The Morgan fingerprint density at radius 1 is 1.10 bits per heavy atom. The van der Waals surface area contributed by atoms with Crippen molar-refractivity contribution in [2.45, 2.75) is 6.61 Å². The molecule has 0 saturated carbocycles. The van der Waals surface area contributed by atoms with E-state index in [0.29, 0.717) is 5.75 Å². The zero-order valence-electron chi connectivity index (χ0n) is 11.0. The highest BCUT2D eigenvalue weighted by Gasteiger charge is 2.11. The molecule has 0 aliphatic carbocycles. The molecule has 0 amide bonds. The van der Waals surface area contributed by atoms with Gasteiger partial charge >= 0.3 is 0 Å². The molecule has 0 aliphatic rings. The molecule has 0 saturated heterocycles. The summed E-state index contributed by atoms with van der Waals surface area (Å²) in [6.07, 6.45) is 0. The molecule has 0 unspecified atom stereocenters. The van der Waals surface area contributed by atoms with Crippen LogP contribution in [0.5, 0.6) is 11.5 Å². The molecule has 3 rings (SSSR count). The molecule has 102 valence electrons. The van der Waals surface area contributed by atoms with Gasteiger partial charge in [0.2, 0.25) is 0 Å². The van der Waals surface area contributed by atoms with Crippen LogP contribution in [-0.4, -0.2) is 9.67 Å². The van der Waals surface area contributed by atoms with E-state index >= 15 is 0 Å². The Labute approximate surface area is 115 Å². The molecule has 0 fully saturated rings. The summed E-state index contributed by atoms with van der Waals surface area (Å²) in [6.45, 7) is -0.0513. The van der Waals surface area contributed by atoms with Crippen molar-refractivity contribution in [3.8, 4) is 11.5 Å². The fourth-order valence-corrected chi connectivity index (χ4v) is 2.27. The highest BCUT2D eigenvalue weighted by molar-refractivity contribution is 5.87. The van der Waals surface area contributed by atoms with Gasteiger partial charge in [0.15, 0.2) is 11.6 Å². The maximum Gasteiger partial charge on any atom is 0.165 e. The second-order valence-electron chi connectivity index (χ2n) is 4.57. The Hall–Kier alpha value is -2.33. The first-order valence-corrected chi connectivity index (χ1v) is 6.31. The van der Waals surface area contributed by atoms with Crippen molar-refractivity contribution in [1.82, 2.24) is 4.57 Å². The second kappa shape index (κ2) is 4.98. The van der Waals surface area contributed by atoms with Crippen LogP contribution in [0.3, 0.4) is 0 Å². The Morgan fingerprint density at radius 3 is 2.60 bits per heavy atom. The number of hydrogen-bond donors (Lipinski definition) is 1. The molecule has 0 spiro atoms. The van der Waals surface area contributed by atoms with Crippen LogP contribution >= 0.6 is 0 Å². The summed E-state index contributed by atoms with van der Waals surface area (Å²) in [4.78, 5) is 0. The molecular formula is C16H14FNO2. The topological polar surface area (TPSA) is 34.4 Å². The van der Waals surface area contributed by atoms with E-state index in [0.717, 1.165) is 16.6 Å². The number of halogens is 1. The Bertz CT molecular complexity index is 764. The fourth-order valence-electron chi connectivity index (χ4n) is 2.27. The smallest absolute Gasteiger partial charge is 0.165 e. The van der Waals surface area contributed by atoms with Gasteiger partial charge in [-0.1, -0.05) is 18.2 Å². The third-order valence-corrected chi connectivity index (χ3v) is 3.36.